The lowest BCUT2D eigenvalue weighted by atomic mass is 9.99. The number of carboxylic acid groups (broad SMARTS) is 1. The van der Waals surface area contributed by atoms with E-state index in [1.165, 1.54) is 0 Å². The number of rotatable bonds is 6. The zero-order chi connectivity index (χ0) is 14.3. The van der Waals surface area contributed by atoms with Gasteiger partial charge in [0.2, 0.25) is 0 Å². The van der Waals surface area contributed by atoms with Crippen molar-refractivity contribution in [3.05, 3.63) is 0 Å². The van der Waals surface area contributed by atoms with Crippen LogP contribution in [0.1, 0.15) is 33.1 Å². The van der Waals surface area contributed by atoms with Crippen molar-refractivity contribution >= 4 is 23.8 Å². The van der Waals surface area contributed by atoms with Gasteiger partial charge in [0.05, 0.1) is 0 Å². The maximum atomic E-state index is 11.7. The van der Waals surface area contributed by atoms with E-state index in [4.69, 9.17) is 5.11 Å². The first-order chi connectivity index (χ1) is 9.04. The van der Waals surface area contributed by atoms with E-state index in [2.05, 4.69) is 10.6 Å². The van der Waals surface area contributed by atoms with Gasteiger partial charge in [-0.2, -0.15) is 11.8 Å². The standard InChI is InChI=1S/C13H24N2O3S/c1-3-9(2)11(12(16)17)15-13(18)14-8-10-4-6-19-7-5-10/h9-11H,3-8H2,1-2H3,(H,16,17)(H2,14,15,18)/t9-,11-/m0/s1. The van der Waals surface area contributed by atoms with Crippen LogP contribution in [0, 0.1) is 11.8 Å². The van der Waals surface area contributed by atoms with Crippen LogP contribution in [0.15, 0.2) is 0 Å². The van der Waals surface area contributed by atoms with Gasteiger partial charge in [0.25, 0.3) is 0 Å². The molecular formula is C13H24N2O3S. The first-order valence-electron chi connectivity index (χ1n) is 6.89. The molecule has 0 spiro atoms. The minimum atomic E-state index is -0.974. The van der Waals surface area contributed by atoms with Crippen molar-refractivity contribution in [2.45, 2.75) is 39.2 Å². The van der Waals surface area contributed by atoms with Gasteiger partial charge in [0, 0.05) is 6.54 Å². The largest absolute Gasteiger partial charge is 0.480 e. The number of nitrogens with one attached hydrogen (secondary N) is 2. The van der Waals surface area contributed by atoms with Crippen LogP contribution in [0.2, 0.25) is 0 Å². The Bertz CT molecular complexity index is 306. The lowest BCUT2D eigenvalue weighted by Crippen LogP contribution is -2.50. The van der Waals surface area contributed by atoms with Gasteiger partial charge in [-0.05, 0) is 36.2 Å². The Hall–Kier alpha value is -0.910. The minimum absolute atomic E-state index is 0.0747. The SMILES string of the molecule is CC[C@H](C)[C@H](NC(=O)NCC1CCSCC1)C(=O)O. The number of urea groups is 1. The van der Waals surface area contributed by atoms with Crippen LogP contribution in [0.5, 0.6) is 0 Å². The number of carboxylic acids is 1. The topological polar surface area (TPSA) is 78.4 Å². The summed E-state index contributed by atoms with van der Waals surface area (Å²) < 4.78 is 0. The van der Waals surface area contributed by atoms with Crippen molar-refractivity contribution in [2.24, 2.45) is 11.8 Å². The van der Waals surface area contributed by atoms with Crippen LogP contribution >= 0.6 is 11.8 Å². The molecule has 0 bridgehead atoms. The summed E-state index contributed by atoms with van der Waals surface area (Å²) in [7, 11) is 0. The van der Waals surface area contributed by atoms with E-state index in [0.717, 1.165) is 30.8 Å². The molecule has 1 rings (SSSR count). The average molecular weight is 288 g/mol. The lowest BCUT2D eigenvalue weighted by Gasteiger charge is -2.23. The number of carbonyl (C=O) groups is 2. The van der Waals surface area contributed by atoms with Gasteiger partial charge in [-0.3, -0.25) is 0 Å². The van der Waals surface area contributed by atoms with E-state index < -0.39 is 12.0 Å². The van der Waals surface area contributed by atoms with E-state index in [1.54, 1.807) is 0 Å². The minimum Gasteiger partial charge on any atom is -0.480 e. The van der Waals surface area contributed by atoms with Gasteiger partial charge in [0.1, 0.15) is 6.04 Å². The zero-order valence-corrected chi connectivity index (χ0v) is 12.5. The second-order valence-electron chi connectivity index (χ2n) is 5.11. The van der Waals surface area contributed by atoms with E-state index in [1.807, 2.05) is 25.6 Å². The van der Waals surface area contributed by atoms with E-state index in [0.29, 0.717) is 12.5 Å². The summed E-state index contributed by atoms with van der Waals surface area (Å²) in [5.74, 6) is 1.78. The summed E-state index contributed by atoms with van der Waals surface area (Å²) in [6, 6.07) is -1.18. The molecule has 6 heteroatoms. The molecule has 1 fully saturated rings. The summed E-state index contributed by atoms with van der Waals surface area (Å²) >= 11 is 1.95. The fourth-order valence-corrected chi connectivity index (χ4v) is 3.27. The third-order valence-electron chi connectivity index (χ3n) is 3.66. The average Bonchev–Trinajstić information content (AvgIpc) is 2.42. The van der Waals surface area contributed by atoms with Gasteiger partial charge in [-0.15, -0.1) is 0 Å². The Morgan fingerprint density at radius 2 is 2.00 bits per heavy atom. The van der Waals surface area contributed by atoms with Crippen molar-refractivity contribution in [1.82, 2.24) is 10.6 Å². The lowest BCUT2D eigenvalue weighted by molar-refractivity contribution is -0.140. The van der Waals surface area contributed by atoms with Gasteiger partial charge < -0.3 is 15.7 Å². The summed E-state index contributed by atoms with van der Waals surface area (Å²) in [6.07, 6.45) is 2.97. The highest BCUT2D eigenvalue weighted by molar-refractivity contribution is 7.99. The second kappa shape index (κ2) is 8.30. The third-order valence-corrected chi connectivity index (χ3v) is 4.71. The molecule has 1 heterocycles. The van der Waals surface area contributed by atoms with E-state index in [9.17, 15) is 9.59 Å². The Labute approximate surface area is 118 Å². The molecule has 0 aromatic heterocycles. The summed E-state index contributed by atoms with van der Waals surface area (Å²) in [5, 5.41) is 14.4. The molecule has 2 atom stereocenters. The third kappa shape index (κ3) is 5.72. The number of amides is 2. The summed E-state index contributed by atoms with van der Waals surface area (Å²) in [6.45, 7) is 4.39. The molecule has 0 unspecified atom stereocenters. The highest BCUT2D eigenvalue weighted by Crippen LogP contribution is 2.21. The quantitative estimate of drug-likeness (QED) is 0.698. The summed E-state index contributed by atoms with van der Waals surface area (Å²) in [5.41, 5.74) is 0. The molecular weight excluding hydrogens is 264 g/mol. The fraction of sp³-hybridized carbons (Fsp3) is 0.846. The Balaban J connectivity index is 2.33. The van der Waals surface area contributed by atoms with Crippen LogP contribution in [0.4, 0.5) is 4.79 Å². The Morgan fingerprint density at radius 3 is 2.53 bits per heavy atom. The number of thioether (sulfide) groups is 1. The molecule has 3 N–H and O–H groups in total. The van der Waals surface area contributed by atoms with Crippen LogP contribution in [-0.4, -0.2) is 41.2 Å². The maximum Gasteiger partial charge on any atom is 0.326 e. The van der Waals surface area contributed by atoms with Crippen molar-refractivity contribution in [3.8, 4) is 0 Å². The van der Waals surface area contributed by atoms with Crippen molar-refractivity contribution in [1.29, 1.82) is 0 Å². The highest BCUT2D eigenvalue weighted by atomic mass is 32.2. The highest BCUT2D eigenvalue weighted by Gasteiger charge is 2.25. The number of carbonyl (C=O) groups excluding carboxylic acids is 1. The van der Waals surface area contributed by atoms with Gasteiger partial charge in [-0.1, -0.05) is 20.3 Å². The van der Waals surface area contributed by atoms with Crippen LogP contribution < -0.4 is 10.6 Å². The molecule has 0 saturated carbocycles. The molecule has 5 nitrogen and oxygen atoms in total. The smallest absolute Gasteiger partial charge is 0.326 e. The predicted molar refractivity (Wildman–Crippen MR) is 77.5 cm³/mol. The first kappa shape index (κ1) is 16.1. The van der Waals surface area contributed by atoms with Gasteiger partial charge in [0.15, 0.2) is 0 Å². The van der Waals surface area contributed by atoms with E-state index in [-0.39, 0.29) is 11.9 Å². The van der Waals surface area contributed by atoms with Gasteiger partial charge >= 0.3 is 12.0 Å². The van der Waals surface area contributed by atoms with Crippen molar-refractivity contribution in [3.63, 3.8) is 0 Å². The normalized spacial score (nSPS) is 19.5. The predicted octanol–water partition coefficient (Wildman–Crippen LogP) is 1.93. The number of aliphatic carboxylic acids is 1. The molecule has 19 heavy (non-hydrogen) atoms. The molecule has 2 amide bonds. The molecule has 1 saturated heterocycles. The molecule has 0 aromatic carbocycles. The maximum absolute atomic E-state index is 11.7. The molecule has 1 aliphatic rings. The van der Waals surface area contributed by atoms with Crippen molar-refractivity contribution in [2.75, 3.05) is 18.1 Å². The zero-order valence-electron chi connectivity index (χ0n) is 11.6. The van der Waals surface area contributed by atoms with Crippen LogP contribution in [0.3, 0.4) is 0 Å². The Kier molecular flexibility index (Phi) is 7.05. The molecule has 0 radical (unpaired) electrons. The molecule has 1 aliphatic heterocycles. The second-order valence-corrected chi connectivity index (χ2v) is 6.34. The molecule has 0 aromatic rings. The number of hydrogen-bond acceptors (Lipinski definition) is 3. The first-order valence-corrected chi connectivity index (χ1v) is 8.05. The summed E-state index contributed by atoms with van der Waals surface area (Å²) in [4.78, 5) is 22.8. The van der Waals surface area contributed by atoms with E-state index >= 15 is 0 Å². The van der Waals surface area contributed by atoms with Crippen molar-refractivity contribution < 1.29 is 14.7 Å². The van der Waals surface area contributed by atoms with Gasteiger partial charge in [-0.25, -0.2) is 9.59 Å². The molecule has 110 valence electrons. The van der Waals surface area contributed by atoms with Crippen LogP contribution in [0.25, 0.3) is 0 Å². The monoisotopic (exact) mass is 288 g/mol. The Morgan fingerprint density at radius 1 is 1.37 bits per heavy atom. The number of hydrogen-bond donors (Lipinski definition) is 3. The fourth-order valence-electron chi connectivity index (χ4n) is 2.06. The molecule has 0 aliphatic carbocycles. The van der Waals surface area contributed by atoms with Crippen LogP contribution in [-0.2, 0) is 4.79 Å².